The summed E-state index contributed by atoms with van der Waals surface area (Å²) < 4.78 is 0.815. The molecule has 0 aliphatic heterocycles. The van der Waals surface area contributed by atoms with Gasteiger partial charge in [-0.15, -0.1) is 11.3 Å². The van der Waals surface area contributed by atoms with Crippen LogP contribution in [0, 0.1) is 6.92 Å². The summed E-state index contributed by atoms with van der Waals surface area (Å²) in [5, 5.41) is 0. The summed E-state index contributed by atoms with van der Waals surface area (Å²) in [4.78, 5) is 7.67. The highest BCUT2D eigenvalue weighted by molar-refractivity contribution is 7.16. The highest BCUT2D eigenvalue weighted by Gasteiger charge is 2.08. The van der Waals surface area contributed by atoms with Crippen LogP contribution in [0.15, 0.2) is 24.4 Å². The van der Waals surface area contributed by atoms with Gasteiger partial charge in [0.2, 0.25) is 0 Å². The van der Waals surface area contributed by atoms with Gasteiger partial charge in [0.05, 0.1) is 22.8 Å². The van der Waals surface area contributed by atoms with E-state index in [2.05, 4.69) is 9.88 Å². The molecule has 0 atom stereocenters. The van der Waals surface area contributed by atoms with Crippen LogP contribution in [0.25, 0.3) is 0 Å². The van der Waals surface area contributed by atoms with Crippen LogP contribution in [0.4, 0.5) is 11.5 Å². The third-order valence-corrected chi connectivity index (χ3v) is 3.67. The van der Waals surface area contributed by atoms with Gasteiger partial charge in [-0.3, -0.25) is 0 Å². The highest BCUT2D eigenvalue weighted by Crippen LogP contribution is 2.25. The van der Waals surface area contributed by atoms with E-state index in [1.807, 2.05) is 32.2 Å². The van der Waals surface area contributed by atoms with Crippen molar-refractivity contribution in [1.82, 2.24) is 4.98 Å². The van der Waals surface area contributed by atoms with Crippen molar-refractivity contribution in [1.29, 1.82) is 0 Å². The van der Waals surface area contributed by atoms with Crippen molar-refractivity contribution in [2.45, 2.75) is 13.5 Å². The fraction of sp³-hybridized carbons (Fsp3) is 0.250. The number of aromatic nitrogens is 1. The summed E-state index contributed by atoms with van der Waals surface area (Å²) in [6.07, 6.45) is 1.68. The van der Waals surface area contributed by atoms with Crippen LogP contribution in [-0.4, -0.2) is 12.0 Å². The number of anilines is 2. The smallest absolute Gasteiger partial charge is 0.131 e. The first-order chi connectivity index (χ1) is 8.06. The number of nitrogen functional groups attached to an aromatic ring is 1. The fourth-order valence-corrected chi connectivity index (χ4v) is 2.88. The Labute approximate surface area is 110 Å². The average molecular weight is 268 g/mol. The van der Waals surface area contributed by atoms with Gasteiger partial charge in [0, 0.05) is 11.9 Å². The van der Waals surface area contributed by atoms with Gasteiger partial charge in [0.1, 0.15) is 5.82 Å². The van der Waals surface area contributed by atoms with E-state index >= 15 is 0 Å². The lowest BCUT2D eigenvalue weighted by Gasteiger charge is -2.19. The molecule has 0 saturated heterocycles. The van der Waals surface area contributed by atoms with Crippen molar-refractivity contribution >= 4 is 34.4 Å². The van der Waals surface area contributed by atoms with Crippen LogP contribution >= 0.6 is 22.9 Å². The van der Waals surface area contributed by atoms with Crippen molar-refractivity contribution in [3.63, 3.8) is 0 Å². The van der Waals surface area contributed by atoms with Gasteiger partial charge in [-0.2, -0.15) is 0 Å². The average Bonchev–Trinajstić information content (AvgIpc) is 2.63. The molecule has 0 aliphatic carbocycles. The van der Waals surface area contributed by atoms with E-state index in [9.17, 15) is 0 Å². The summed E-state index contributed by atoms with van der Waals surface area (Å²) in [5.74, 6) is 0.948. The van der Waals surface area contributed by atoms with Crippen LogP contribution in [-0.2, 0) is 6.54 Å². The standard InChI is InChI=1S/C12H14ClN3S/c1-8-5-9(14)6-15-12(8)16(2)7-10-3-4-11(13)17-10/h3-6H,7,14H2,1-2H3. The third kappa shape index (κ3) is 2.90. The largest absolute Gasteiger partial charge is 0.397 e. The molecule has 2 aromatic rings. The van der Waals surface area contributed by atoms with Crippen LogP contribution in [0.5, 0.6) is 0 Å². The lowest BCUT2D eigenvalue weighted by Crippen LogP contribution is -2.18. The Kier molecular flexibility index (Phi) is 3.54. The van der Waals surface area contributed by atoms with E-state index in [1.165, 1.54) is 4.88 Å². The van der Waals surface area contributed by atoms with Gasteiger partial charge in [-0.05, 0) is 30.7 Å². The maximum atomic E-state index is 5.91. The Bertz CT molecular complexity index is 524. The number of nitrogens with two attached hydrogens (primary N) is 1. The summed E-state index contributed by atoms with van der Waals surface area (Å²) >= 11 is 7.50. The van der Waals surface area contributed by atoms with Crippen LogP contribution < -0.4 is 10.6 Å². The Morgan fingerprint density at radius 3 is 2.82 bits per heavy atom. The maximum Gasteiger partial charge on any atom is 0.131 e. The molecule has 2 rings (SSSR count). The SMILES string of the molecule is Cc1cc(N)cnc1N(C)Cc1ccc(Cl)s1. The maximum absolute atomic E-state index is 5.91. The first-order valence-electron chi connectivity index (χ1n) is 5.24. The molecule has 2 heterocycles. The van der Waals surface area contributed by atoms with Gasteiger partial charge >= 0.3 is 0 Å². The second-order valence-electron chi connectivity index (χ2n) is 3.97. The molecule has 0 amide bonds. The van der Waals surface area contributed by atoms with Crippen LogP contribution in [0.3, 0.4) is 0 Å². The van der Waals surface area contributed by atoms with E-state index in [0.717, 1.165) is 22.3 Å². The zero-order chi connectivity index (χ0) is 12.4. The van der Waals surface area contributed by atoms with Gasteiger partial charge in [-0.1, -0.05) is 11.6 Å². The minimum absolute atomic E-state index is 0.693. The topological polar surface area (TPSA) is 42.1 Å². The van der Waals surface area contributed by atoms with Crippen LogP contribution in [0.2, 0.25) is 4.34 Å². The fourth-order valence-electron chi connectivity index (χ4n) is 1.73. The minimum Gasteiger partial charge on any atom is -0.397 e. The molecule has 2 N–H and O–H groups in total. The van der Waals surface area contributed by atoms with Crippen molar-refractivity contribution in [3.8, 4) is 0 Å². The molecule has 0 unspecified atom stereocenters. The van der Waals surface area contributed by atoms with E-state index in [-0.39, 0.29) is 0 Å². The molecule has 90 valence electrons. The number of nitrogens with zero attached hydrogens (tertiary/aromatic N) is 2. The minimum atomic E-state index is 0.693. The van der Waals surface area contributed by atoms with E-state index in [1.54, 1.807) is 17.5 Å². The number of rotatable bonds is 3. The molecule has 2 aromatic heterocycles. The lowest BCUT2D eigenvalue weighted by molar-refractivity contribution is 0.905. The number of hydrogen-bond acceptors (Lipinski definition) is 4. The molecule has 17 heavy (non-hydrogen) atoms. The summed E-state index contributed by atoms with van der Waals surface area (Å²) in [6.45, 7) is 2.81. The Morgan fingerprint density at radius 1 is 1.47 bits per heavy atom. The van der Waals surface area contributed by atoms with E-state index in [0.29, 0.717) is 5.69 Å². The van der Waals surface area contributed by atoms with Crippen LogP contribution in [0.1, 0.15) is 10.4 Å². The summed E-state index contributed by atoms with van der Waals surface area (Å²) in [7, 11) is 2.01. The number of pyridine rings is 1. The summed E-state index contributed by atoms with van der Waals surface area (Å²) in [6, 6.07) is 5.88. The van der Waals surface area contributed by atoms with Crippen molar-refractivity contribution in [3.05, 3.63) is 39.2 Å². The predicted molar refractivity (Wildman–Crippen MR) is 74.8 cm³/mol. The molecule has 0 aliphatic rings. The predicted octanol–water partition coefficient (Wildman–Crippen LogP) is 3.32. The highest BCUT2D eigenvalue weighted by atomic mass is 35.5. The molecule has 0 radical (unpaired) electrons. The first kappa shape index (κ1) is 12.2. The Hall–Kier alpha value is -1.26. The molecule has 0 spiro atoms. The molecular weight excluding hydrogens is 254 g/mol. The molecule has 0 saturated carbocycles. The number of halogens is 1. The monoisotopic (exact) mass is 267 g/mol. The zero-order valence-electron chi connectivity index (χ0n) is 9.77. The Morgan fingerprint density at radius 2 is 2.24 bits per heavy atom. The van der Waals surface area contributed by atoms with Gasteiger partial charge in [0.25, 0.3) is 0 Å². The van der Waals surface area contributed by atoms with E-state index in [4.69, 9.17) is 17.3 Å². The molecular formula is C12H14ClN3S. The van der Waals surface area contributed by atoms with Gasteiger partial charge in [0.15, 0.2) is 0 Å². The number of hydrogen-bond donors (Lipinski definition) is 1. The quantitative estimate of drug-likeness (QED) is 0.928. The van der Waals surface area contributed by atoms with Crippen molar-refractivity contribution < 1.29 is 0 Å². The molecule has 5 heteroatoms. The second kappa shape index (κ2) is 4.94. The molecule has 0 bridgehead atoms. The summed E-state index contributed by atoms with van der Waals surface area (Å²) in [5.41, 5.74) is 7.46. The van der Waals surface area contributed by atoms with E-state index < -0.39 is 0 Å². The lowest BCUT2D eigenvalue weighted by atomic mass is 10.2. The molecule has 0 aromatic carbocycles. The van der Waals surface area contributed by atoms with Crippen molar-refractivity contribution in [2.75, 3.05) is 17.7 Å². The Balaban J connectivity index is 2.17. The van der Waals surface area contributed by atoms with Crippen molar-refractivity contribution in [2.24, 2.45) is 0 Å². The number of aryl methyl sites for hydroxylation is 1. The first-order valence-corrected chi connectivity index (χ1v) is 6.43. The zero-order valence-corrected chi connectivity index (χ0v) is 11.3. The second-order valence-corrected chi connectivity index (χ2v) is 5.77. The number of thiophene rings is 1. The third-order valence-electron chi connectivity index (χ3n) is 2.46. The molecule has 3 nitrogen and oxygen atoms in total. The normalized spacial score (nSPS) is 10.5. The molecule has 0 fully saturated rings. The van der Waals surface area contributed by atoms with Gasteiger partial charge < -0.3 is 10.6 Å². The van der Waals surface area contributed by atoms with Gasteiger partial charge in [-0.25, -0.2) is 4.98 Å².